The lowest BCUT2D eigenvalue weighted by molar-refractivity contribution is -0.178. The van der Waals surface area contributed by atoms with Crippen LogP contribution in [-0.2, 0) is 5.54 Å². The third-order valence-corrected chi connectivity index (χ3v) is 6.17. The van der Waals surface area contributed by atoms with Gasteiger partial charge in [-0.05, 0) is 37.1 Å². The van der Waals surface area contributed by atoms with Crippen LogP contribution in [0.25, 0.3) is 16.7 Å². The molecule has 9 nitrogen and oxygen atoms in total. The van der Waals surface area contributed by atoms with Crippen molar-refractivity contribution < 1.29 is 17.9 Å². The first kappa shape index (κ1) is 22.9. The Balaban J connectivity index is 1.53. The van der Waals surface area contributed by atoms with Gasteiger partial charge < -0.3 is 9.30 Å². The highest BCUT2D eigenvalue weighted by molar-refractivity contribution is 6.37. The maximum absolute atomic E-state index is 13.6. The van der Waals surface area contributed by atoms with Crippen molar-refractivity contribution in [2.24, 2.45) is 0 Å². The summed E-state index contributed by atoms with van der Waals surface area (Å²) < 4.78 is 48.5. The van der Waals surface area contributed by atoms with Crippen molar-refractivity contribution >= 4 is 34.2 Å². The van der Waals surface area contributed by atoms with Crippen LogP contribution in [0.5, 0.6) is 11.5 Å². The topological polar surface area (TPSA) is 119 Å². The Morgan fingerprint density at radius 2 is 1.83 bits per heavy atom. The smallest absolute Gasteiger partial charge is 0.411 e. The van der Waals surface area contributed by atoms with E-state index in [1.807, 2.05) is 4.98 Å². The van der Waals surface area contributed by atoms with Gasteiger partial charge in [0.05, 0.1) is 33.1 Å². The second-order valence-electron chi connectivity index (χ2n) is 7.77. The van der Waals surface area contributed by atoms with E-state index in [1.165, 1.54) is 30.3 Å². The Morgan fingerprint density at radius 1 is 1.14 bits per heavy atom. The van der Waals surface area contributed by atoms with E-state index in [-0.39, 0.29) is 45.6 Å². The number of benzene rings is 2. The minimum atomic E-state index is -4.43. The number of ether oxygens (including phenoxy) is 1. The molecule has 2 aromatic heterocycles. The summed E-state index contributed by atoms with van der Waals surface area (Å²) in [5.41, 5.74) is -3.78. The maximum Gasteiger partial charge on any atom is 0.411 e. The second-order valence-corrected chi connectivity index (χ2v) is 8.58. The monoisotopic (exact) mass is 522 g/mol. The fraction of sp³-hybridized carbons (Fsp3) is 0.190. The Hall–Kier alpha value is -3.82. The standard InChI is InChI=1S/C21H11Cl2F3N6O3/c22-12-5-10(32-19(34)29-18(33)15(8-27)30-32)6-13(23)17(12)35-11-1-2-14-16(7-11)31(9-28-14)20(3-4-20)21(24,25)26/h1-2,5-7,9H,3-4H2,(H,29,33,34). The van der Waals surface area contributed by atoms with Gasteiger partial charge in [0.15, 0.2) is 5.75 Å². The van der Waals surface area contributed by atoms with E-state index in [1.54, 1.807) is 6.07 Å². The Bertz CT molecular complexity index is 1640. The van der Waals surface area contributed by atoms with Gasteiger partial charge in [-0.15, -0.1) is 5.10 Å². The number of aromatic nitrogens is 5. The zero-order valence-electron chi connectivity index (χ0n) is 17.2. The molecular formula is C21H11Cl2F3N6O3. The largest absolute Gasteiger partial charge is 0.454 e. The fourth-order valence-corrected chi connectivity index (χ4v) is 4.26. The molecule has 1 saturated carbocycles. The van der Waals surface area contributed by atoms with E-state index < -0.39 is 28.7 Å². The highest BCUT2D eigenvalue weighted by Gasteiger charge is 2.65. The van der Waals surface area contributed by atoms with Gasteiger partial charge in [-0.25, -0.2) is 9.78 Å². The number of fused-ring (bicyclic) bond motifs is 1. The summed E-state index contributed by atoms with van der Waals surface area (Å²) in [6.07, 6.45) is -3.36. The maximum atomic E-state index is 13.6. The molecule has 2 heterocycles. The zero-order valence-corrected chi connectivity index (χ0v) is 18.7. The fourth-order valence-electron chi connectivity index (χ4n) is 3.70. The van der Waals surface area contributed by atoms with Crippen LogP contribution in [0, 0.1) is 11.3 Å². The van der Waals surface area contributed by atoms with Crippen LogP contribution < -0.4 is 16.0 Å². The molecule has 0 unspecified atom stereocenters. The van der Waals surface area contributed by atoms with Gasteiger partial charge in [-0.3, -0.25) is 9.78 Å². The van der Waals surface area contributed by atoms with Gasteiger partial charge in [0.25, 0.3) is 5.56 Å². The molecule has 2 aromatic carbocycles. The molecule has 0 atom stereocenters. The number of rotatable bonds is 4. The molecule has 5 rings (SSSR count). The molecule has 0 bridgehead atoms. The zero-order chi connectivity index (χ0) is 25.1. The van der Waals surface area contributed by atoms with Crippen molar-refractivity contribution in [3.8, 4) is 23.3 Å². The van der Waals surface area contributed by atoms with Crippen molar-refractivity contribution in [1.29, 1.82) is 5.26 Å². The van der Waals surface area contributed by atoms with Crippen molar-refractivity contribution in [2.75, 3.05) is 0 Å². The number of nitrogens with one attached hydrogen (secondary N) is 1. The highest BCUT2D eigenvalue weighted by Crippen LogP contribution is 2.56. The summed E-state index contributed by atoms with van der Waals surface area (Å²) in [7, 11) is 0. The van der Waals surface area contributed by atoms with E-state index >= 15 is 0 Å². The van der Waals surface area contributed by atoms with Crippen molar-refractivity contribution in [1.82, 2.24) is 24.3 Å². The van der Waals surface area contributed by atoms with Crippen molar-refractivity contribution in [3.63, 3.8) is 0 Å². The average Bonchev–Trinajstić information content (AvgIpc) is 3.50. The van der Waals surface area contributed by atoms with Crippen molar-refractivity contribution in [3.05, 3.63) is 73.2 Å². The van der Waals surface area contributed by atoms with E-state index in [0.29, 0.717) is 5.52 Å². The van der Waals surface area contributed by atoms with Crippen LogP contribution in [0.15, 0.2) is 46.2 Å². The van der Waals surface area contributed by atoms with Gasteiger partial charge in [-0.2, -0.15) is 23.1 Å². The summed E-state index contributed by atoms with van der Waals surface area (Å²) in [6, 6.07) is 8.51. The van der Waals surface area contributed by atoms with Crippen LogP contribution in [0.2, 0.25) is 10.0 Å². The molecule has 1 aliphatic rings. The van der Waals surface area contributed by atoms with E-state index in [4.69, 9.17) is 33.2 Å². The molecule has 35 heavy (non-hydrogen) atoms. The molecule has 1 N–H and O–H groups in total. The van der Waals surface area contributed by atoms with Crippen LogP contribution >= 0.6 is 23.2 Å². The SMILES string of the molecule is N#Cc1nn(-c2cc(Cl)c(Oc3ccc4ncn(C5(C(F)(F)F)CC5)c4c3)c(Cl)c2)c(=O)[nH]c1=O. The number of alkyl halides is 3. The number of aromatic amines is 1. The Labute approximate surface area is 202 Å². The molecule has 0 amide bonds. The first-order chi connectivity index (χ1) is 16.5. The predicted octanol–water partition coefficient (Wildman–Crippen LogP) is 4.29. The molecule has 14 heteroatoms. The van der Waals surface area contributed by atoms with E-state index in [2.05, 4.69) is 10.1 Å². The summed E-state index contributed by atoms with van der Waals surface area (Å²) >= 11 is 12.6. The number of halogens is 5. The molecular weight excluding hydrogens is 512 g/mol. The first-order valence-electron chi connectivity index (χ1n) is 9.89. The van der Waals surface area contributed by atoms with E-state index in [9.17, 15) is 22.8 Å². The second kappa shape index (κ2) is 7.86. The van der Waals surface area contributed by atoms with Gasteiger partial charge in [0.2, 0.25) is 5.69 Å². The summed E-state index contributed by atoms with van der Waals surface area (Å²) in [5.74, 6) is 0.123. The lowest BCUT2D eigenvalue weighted by Gasteiger charge is -2.21. The molecule has 0 aliphatic heterocycles. The van der Waals surface area contributed by atoms with Gasteiger partial charge in [0.1, 0.15) is 17.4 Å². The summed E-state index contributed by atoms with van der Waals surface area (Å²) in [4.78, 5) is 29.7. The predicted molar refractivity (Wildman–Crippen MR) is 118 cm³/mol. The number of H-pyrrole nitrogens is 1. The van der Waals surface area contributed by atoms with Crippen molar-refractivity contribution in [2.45, 2.75) is 24.6 Å². The molecule has 0 radical (unpaired) electrons. The third-order valence-electron chi connectivity index (χ3n) is 5.61. The van der Waals surface area contributed by atoms with Gasteiger partial charge in [0, 0.05) is 6.07 Å². The third kappa shape index (κ3) is 3.73. The normalized spacial score (nSPS) is 14.6. The van der Waals surface area contributed by atoms with E-state index in [0.717, 1.165) is 15.6 Å². The molecule has 0 saturated heterocycles. The average molecular weight is 523 g/mol. The van der Waals surface area contributed by atoms with Crippen LogP contribution in [0.1, 0.15) is 18.5 Å². The number of nitriles is 1. The molecule has 0 spiro atoms. The number of nitrogens with zero attached hydrogens (tertiary/aromatic N) is 5. The minimum Gasteiger partial charge on any atom is -0.454 e. The van der Waals surface area contributed by atoms with Crippen LogP contribution in [-0.4, -0.2) is 30.5 Å². The van der Waals surface area contributed by atoms with Gasteiger partial charge >= 0.3 is 11.9 Å². The van der Waals surface area contributed by atoms with Crippen LogP contribution in [0.3, 0.4) is 0 Å². The Kier molecular flexibility index (Phi) is 5.15. The van der Waals surface area contributed by atoms with Gasteiger partial charge in [-0.1, -0.05) is 23.2 Å². The number of imidazole rings is 1. The lowest BCUT2D eigenvalue weighted by Crippen LogP contribution is -2.34. The highest BCUT2D eigenvalue weighted by atomic mass is 35.5. The minimum absolute atomic E-state index is 0.0302. The quantitative estimate of drug-likeness (QED) is 0.427. The molecule has 1 aliphatic carbocycles. The molecule has 178 valence electrons. The number of hydrogen-bond donors (Lipinski definition) is 1. The molecule has 1 fully saturated rings. The number of hydrogen-bond acceptors (Lipinski definition) is 6. The van der Waals surface area contributed by atoms with Crippen LogP contribution in [0.4, 0.5) is 13.2 Å². The Morgan fingerprint density at radius 3 is 2.43 bits per heavy atom. The molecule has 4 aromatic rings. The lowest BCUT2D eigenvalue weighted by atomic mass is 10.2. The first-order valence-corrected chi connectivity index (χ1v) is 10.6. The summed E-state index contributed by atoms with van der Waals surface area (Å²) in [6.45, 7) is 0. The summed E-state index contributed by atoms with van der Waals surface area (Å²) in [5, 5.41) is 12.5.